The Kier molecular flexibility index (Phi) is 4.45. The average molecular weight is 279 g/mol. The highest BCUT2D eigenvalue weighted by molar-refractivity contribution is 5.84. The number of likely N-dealkylation sites (tertiary alicyclic amines) is 1. The lowest BCUT2D eigenvalue weighted by atomic mass is 10.1. The van der Waals surface area contributed by atoms with E-state index in [-0.39, 0.29) is 29.6 Å². The van der Waals surface area contributed by atoms with Gasteiger partial charge in [-0.05, 0) is 12.1 Å². The van der Waals surface area contributed by atoms with E-state index in [1.54, 1.807) is 4.90 Å². The number of aldehydes is 1. The number of ketones is 1. The normalized spacial score (nSPS) is 15.1. The summed E-state index contributed by atoms with van der Waals surface area (Å²) in [6.07, 6.45) is 1.23. The number of ether oxygens (including phenoxy) is 1. The van der Waals surface area contributed by atoms with Crippen LogP contribution in [0.2, 0.25) is 0 Å². The minimum absolute atomic E-state index is 0.133. The molecular weight excluding hydrogens is 265 g/mol. The number of halogens is 1. The monoisotopic (exact) mass is 279 g/mol. The van der Waals surface area contributed by atoms with Crippen LogP contribution in [0.25, 0.3) is 0 Å². The van der Waals surface area contributed by atoms with Crippen molar-refractivity contribution in [2.24, 2.45) is 0 Å². The molecule has 0 aromatic heterocycles. The van der Waals surface area contributed by atoms with E-state index < -0.39 is 5.82 Å². The molecule has 1 aliphatic heterocycles. The number of benzene rings is 1. The Morgan fingerprint density at radius 1 is 1.30 bits per heavy atom. The molecule has 0 N–H and O–H groups in total. The number of carbonyl (C=O) groups excluding carboxylic acids is 3. The van der Waals surface area contributed by atoms with Gasteiger partial charge in [0.1, 0.15) is 23.6 Å². The number of rotatable bonds is 4. The topological polar surface area (TPSA) is 63.7 Å². The van der Waals surface area contributed by atoms with Crippen LogP contribution in [0.4, 0.5) is 4.39 Å². The highest BCUT2D eigenvalue weighted by atomic mass is 19.1. The van der Waals surface area contributed by atoms with Crippen LogP contribution in [0.1, 0.15) is 23.2 Å². The van der Waals surface area contributed by atoms with E-state index in [2.05, 4.69) is 0 Å². The zero-order valence-electron chi connectivity index (χ0n) is 10.8. The summed E-state index contributed by atoms with van der Waals surface area (Å²) < 4.78 is 18.4. The van der Waals surface area contributed by atoms with Crippen LogP contribution in [0.5, 0.6) is 5.75 Å². The molecule has 2 rings (SSSR count). The van der Waals surface area contributed by atoms with Crippen LogP contribution in [-0.4, -0.2) is 42.6 Å². The van der Waals surface area contributed by atoms with Gasteiger partial charge in [0, 0.05) is 37.6 Å². The molecule has 1 aromatic carbocycles. The third-order valence-electron chi connectivity index (χ3n) is 3.07. The minimum Gasteiger partial charge on any atom is -0.484 e. The van der Waals surface area contributed by atoms with E-state index in [9.17, 15) is 18.8 Å². The van der Waals surface area contributed by atoms with Gasteiger partial charge in [-0.3, -0.25) is 14.4 Å². The molecule has 0 radical (unpaired) electrons. The predicted molar refractivity (Wildman–Crippen MR) is 68.1 cm³/mol. The molecule has 1 heterocycles. The third kappa shape index (κ3) is 3.63. The highest BCUT2D eigenvalue weighted by Gasteiger charge is 2.20. The van der Waals surface area contributed by atoms with Crippen molar-refractivity contribution in [2.45, 2.75) is 12.8 Å². The average Bonchev–Trinajstić information content (AvgIpc) is 2.45. The van der Waals surface area contributed by atoms with Gasteiger partial charge in [0.25, 0.3) is 5.91 Å². The summed E-state index contributed by atoms with van der Waals surface area (Å²) in [5.41, 5.74) is 0.149. The maximum Gasteiger partial charge on any atom is 0.260 e. The molecule has 0 bridgehead atoms. The molecule has 1 amide bonds. The zero-order chi connectivity index (χ0) is 14.5. The molecular formula is C14H14FNO4. The fraction of sp³-hybridized carbons (Fsp3) is 0.357. The molecule has 106 valence electrons. The number of Topliss-reactive ketones (excluding diaryl/α,β-unsaturated/α-hetero) is 1. The van der Waals surface area contributed by atoms with E-state index >= 15 is 0 Å². The van der Waals surface area contributed by atoms with Crippen LogP contribution >= 0.6 is 0 Å². The number of hydrogen-bond acceptors (Lipinski definition) is 4. The Morgan fingerprint density at radius 2 is 2.00 bits per heavy atom. The van der Waals surface area contributed by atoms with Crippen LogP contribution in [0, 0.1) is 5.82 Å². The van der Waals surface area contributed by atoms with Gasteiger partial charge in [-0.1, -0.05) is 0 Å². The quantitative estimate of drug-likeness (QED) is 0.777. The predicted octanol–water partition coefficient (Wildman–Crippen LogP) is 1.21. The van der Waals surface area contributed by atoms with Crippen LogP contribution in [-0.2, 0) is 9.59 Å². The number of amides is 1. The maximum atomic E-state index is 13.2. The molecule has 1 aromatic rings. The van der Waals surface area contributed by atoms with Crippen molar-refractivity contribution in [3.63, 3.8) is 0 Å². The summed E-state index contributed by atoms with van der Waals surface area (Å²) in [7, 11) is 0. The molecule has 0 spiro atoms. The molecule has 1 saturated heterocycles. The first-order valence-electron chi connectivity index (χ1n) is 6.26. The first-order valence-corrected chi connectivity index (χ1v) is 6.26. The van der Waals surface area contributed by atoms with Crippen molar-refractivity contribution in [3.05, 3.63) is 29.6 Å². The Balaban J connectivity index is 1.91. The fourth-order valence-corrected chi connectivity index (χ4v) is 1.98. The van der Waals surface area contributed by atoms with E-state index in [4.69, 9.17) is 4.74 Å². The maximum absolute atomic E-state index is 13.2. The molecule has 6 heteroatoms. The van der Waals surface area contributed by atoms with Gasteiger partial charge in [-0.2, -0.15) is 0 Å². The van der Waals surface area contributed by atoms with Crippen LogP contribution in [0.15, 0.2) is 18.2 Å². The summed E-state index contributed by atoms with van der Waals surface area (Å²) in [5.74, 6) is -0.570. The molecule has 0 atom stereocenters. The fourth-order valence-electron chi connectivity index (χ4n) is 1.98. The third-order valence-corrected chi connectivity index (χ3v) is 3.07. The zero-order valence-corrected chi connectivity index (χ0v) is 10.8. The molecule has 1 aliphatic rings. The second kappa shape index (κ2) is 6.27. The van der Waals surface area contributed by atoms with Crippen LogP contribution < -0.4 is 4.74 Å². The van der Waals surface area contributed by atoms with Gasteiger partial charge < -0.3 is 9.64 Å². The largest absolute Gasteiger partial charge is 0.484 e. The van der Waals surface area contributed by atoms with Gasteiger partial charge in [0.2, 0.25) is 0 Å². The number of hydrogen-bond donors (Lipinski definition) is 0. The van der Waals surface area contributed by atoms with E-state index in [1.807, 2.05) is 0 Å². The highest BCUT2D eigenvalue weighted by Crippen LogP contribution is 2.16. The Morgan fingerprint density at radius 3 is 2.65 bits per heavy atom. The molecule has 20 heavy (non-hydrogen) atoms. The number of carbonyl (C=O) groups is 3. The van der Waals surface area contributed by atoms with Crippen LogP contribution in [0.3, 0.4) is 0 Å². The Bertz CT molecular complexity index is 534. The summed E-state index contributed by atoms with van der Waals surface area (Å²) in [4.78, 5) is 35.1. The van der Waals surface area contributed by atoms with Crippen molar-refractivity contribution in [1.29, 1.82) is 0 Å². The minimum atomic E-state index is -0.597. The summed E-state index contributed by atoms with van der Waals surface area (Å²) in [5, 5.41) is 0. The second-order valence-corrected chi connectivity index (χ2v) is 4.55. The Hall–Kier alpha value is -2.24. The summed E-state index contributed by atoms with van der Waals surface area (Å²) >= 11 is 0. The van der Waals surface area contributed by atoms with Crippen molar-refractivity contribution in [1.82, 2.24) is 4.90 Å². The number of nitrogens with zero attached hydrogens (tertiary/aromatic N) is 1. The van der Waals surface area contributed by atoms with Gasteiger partial charge in [-0.25, -0.2) is 4.39 Å². The van der Waals surface area contributed by atoms with E-state index in [0.29, 0.717) is 32.2 Å². The lowest BCUT2D eigenvalue weighted by molar-refractivity contribution is -0.136. The molecule has 5 nitrogen and oxygen atoms in total. The van der Waals surface area contributed by atoms with Gasteiger partial charge in [-0.15, -0.1) is 0 Å². The van der Waals surface area contributed by atoms with Gasteiger partial charge in [0.05, 0.1) is 0 Å². The van der Waals surface area contributed by atoms with Gasteiger partial charge >= 0.3 is 0 Å². The number of piperidine rings is 1. The van der Waals surface area contributed by atoms with E-state index in [0.717, 1.165) is 12.1 Å². The molecule has 0 aliphatic carbocycles. The molecule has 1 fully saturated rings. The summed E-state index contributed by atoms with van der Waals surface area (Å²) in [6.45, 7) is 0.545. The lowest BCUT2D eigenvalue weighted by Crippen LogP contribution is -2.41. The standard InChI is InChI=1S/C14H14FNO4/c15-11-5-10(8-17)6-13(7-11)20-9-14(19)16-3-1-12(18)2-4-16/h5-8H,1-4,9H2. The lowest BCUT2D eigenvalue weighted by Gasteiger charge is -2.25. The first-order chi connectivity index (χ1) is 9.58. The first kappa shape index (κ1) is 14.2. The molecule has 0 unspecified atom stereocenters. The smallest absolute Gasteiger partial charge is 0.260 e. The van der Waals surface area contributed by atoms with Crippen molar-refractivity contribution < 1.29 is 23.5 Å². The molecule has 0 saturated carbocycles. The van der Waals surface area contributed by atoms with Crippen molar-refractivity contribution in [3.8, 4) is 5.75 Å². The van der Waals surface area contributed by atoms with Crippen molar-refractivity contribution in [2.75, 3.05) is 19.7 Å². The second-order valence-electron chi connectivity index (χ2n) is 4.55. The SMILES string of the molecule is O=Cc1cc(F)cc(OCC(=O)N2CCC(=O)CC2)c1. The Labute approximate surface area is 115 Å². The summed E-state index contributed by atoms with van der Waals surface area (Å²) in [6, 6.07) is 3.56. The van der Waals surface area contributed by atoms with Crippen molar-refractivity contribution >= 4 is 18.0 Å². The van der Waals surface area contributed by atoms with Gasteiger partial charge in [0.15, 0.2) is 6.61 Å². The van der Waals surface area contributed by atoms with E-state index in [1.165, 1.54) is 6.07 Å².